The first-order chi connectivity index (χ1) is 19.3. The zero-order valence-corrected chi connectivity index (χ0v) is 21.8. The largest absolute Gasteiger partial charge is 0.497 e. The lowest BCUT2D eigenvalue weighted by molar-refractivity contribution is -0.135. The highest BCUT2D eigenvalue weighted by Gasteiger charge is 2.39. The Morgan fingerprint density at radius 2 is 1.75 bits per heavy atom. The Morgan fingerprint density at radius 3 is 2.48 bits per heavy atom. The van der Waals surface area contributed by atoms with Crippen LogP contribution in [0.4, 0.5) is 0 Å². The van der Waals surface area contributed by atoms with Crippen molar-refractivity contribution in [3.63, 3.8) is 0 Å². The van der Waals surface area contributed by atoms with Gasteiger partial charge in [-0.3, -0.25) is 14.4 Å². The number of benzene rings is 3. The minimum atomic E-state index is -0.692. The monoisotopic (exact) mass is 537 g/mol. The third-order valence-corrected chi connectivity index (χ3v) is 7.25. The van der Waals surface area contributed by atoms with Crippen molar-refractivity contribution in [2.45, 2.75) is 12.3 Å². The molecule has 3 aromatic carbocycles. The number of methoxy groups -OCH3 is 2. The van der Waals surface area contributed by atoms with Gasteiger partial charge >= 0.3 is 11.9 Å². The number of Topliss-reactive ketones (excluding diaryl/α,β-unsaturated/α-hetero) is 1. The molecule has 0 saturated heterocycles. The highest BCUT2D eigenvalue weighted by Crippen LogP contribution is 2.48. The summed E-state index contributed by atoms with van der Waals surface area (Å²) >= 11 is 0. The van der Waals surface area contributed by atoms with Gasteiger partial charge in [-0.15, -0.1) is 0 Å². The van der Waals surface area contributed by atoms with Crippen LogP contribution in [0, 0.1) is 0 Å². The molecule has 0 radical (unpaired) electrons. The number of pyridine rings is 1. The molecule has 0 N–H and O–H groups in total. The van der Waals surface area contributed by atoms with Gasteiger partial charge in [0.05, 0.1) is 37.3 Å². The van der Waals surface area contributed by atoms with Crippen LogP contribution in [0.1, 0.15) is 49.7 Å². The summed E-state index contributed by atoms with van der Waals surface area (Å²) in [6.07, 6.45) is 1.48. The number of ether oxygens (including phenoxy) is 4. The van der Waals surface area contributed by atoms with Crippen LogP contribution in [0.5, 0.6) is 17.2 Å². The van der Waals surface area contributed by atoms with E-state index in [-0.39, 0.29) is 35.0 Å². The molecule has 40 heavy (non-hydrogen) atoms. The van der Waals surface area contributed by atoms with E-state index in [2.05, 4.69) is 0 Å². The molecule has 3 heterocycles. The molecular formula is C31H23NO8. The summed E-state index contributed by atoms with van der Waals surface area (Å²) in [5.41, 5.74) is 2.58. The topological polar surface area (TPSA) is 110 Å². The van der Waals surface area contributed by atoms with Gasteiger partial charge in [0.15, 0.2) is 5.76 Å². The number of hydrogen-bond donors (Lipinski definition) is 0. The lowest BCUT2D eigenvalue weighted by atomic mass is 9.84. The summed E-state index contributed by atoms with van der Waals surface area (Å²) in [7, 11) is 4.52. The molecule has 0 saturated carbocycles. The van der Waals surface area contributed by atoms with Crippen molar-refractivity contribution in [3.05, 3.63) is 105 Å². The number of carbonyl (C=O) groups is 3. The predicted octanol–water partition coefficient (Wildman–Crippen LogP) is 4.39. The number of ketones is 1. The van der Waals surface area contributed by atoms with Crippen LogP contribution in [0.15, 0.2) is 71.2 Å². The van der Waals surface area contributed by atoms with Crippen LogP contribution < -0.4 is 19.8 Å². The van der Waals surface area contributed by atoms with Gasteiger partial charge in [0.1, 0.15) is 17.2 Å². The average molecular weight is 538 g/mol. The van der Waals surface area contributed by atoms with Gasteiger partial charge in [-0.2, -0.15) is 0 Å². The fourth-order valence-corrected chi connectivity index (χ4v) is 5.20. The Bertz CT molecular complexity index is 1830. The quantitative estimate of drug-likeness (QED) is 0.214. The Morgan fingerprint density at radius 1 is 0.975 bits per heavy atom. The maximum Gasteiger partial charge on any atom is 0.337 e. The molecule has 0 amide bonds. The van der Waals surface area contributed by atoms with Gasteiger partial charge in [-0.25, -0.2) is 4.79 Å². The average Bonchev–Trinajstić information content (AvgIpc) is 3.28. The van der Waals surface area contributed by atoms with Crippen LogP contribution >= 0.6 is 0 Å². The van der Waals surface area contributed by atoms with E-state index in [9.17, 15) is 19.2 Å². The van der Waals surface area contributed by atoms with Crippen molar-refractivity contribution < 1.29 is 33.3 Å². The summed E-state index contributed by atoms with van der Waals surface area (Å²) in [6, 6.07) is 16.8. The first kappa shape index (κ1) is 25.1. The highest BCUT2D eigenvalue weighted by atomic mass is 16.5. The van der Waals surface area contributed by atoms with E-state index in [1.54, 1.807) is 74.8 Å². The van der Waals surface area contributed by atoms with Gasteiger partial charge in [0, 0.05) is 30.2 Å². The van der Waals surface area contributed by atoms with Crippen molar-refractivity contribution in [2.75, 3.05) is 14.2 Å². The molecule has 1 aromatic heterocycles. The molecule has 9 nitrogen and oxygen atoms in total. The number of hydrogen-bond acceptors (Lipinski definition) is 8. The molecule has 1 atom stereocenters. The number of rotatable bonds is 4. The summed E-state index contributed by atoms with van der Waals surface area (Å²) in [5.74, 6) is -0.796. The van der Waals surface area contributed by atoms with Crippen LogP contribution in [-0.2, 0) is 16.6 Å². The molecule has 4 aromatic rings. The Balaban J connectivity index is 1.45. The number of aromatic nitrogens is 1. The fourth-order valence-electron chi connectivity index (χ4n) is 5.20. The van der Waals surface area contributed by atoms with Crippen molar-refractivity contribution >= 4 is 34.7 Å². The van der Waals surface area contributed by atoms with Gasteiger partial charge in [-0.1, -0.05) is 12.1 Å². The van der Waals surface area contributed by atoms with Crippen molar-refractivity contribution in [2.24, 2.45) is 7.05 Å². The number of allylic oxidation sites excluding steroid dienone is 1. The maximum atomic E-state index is 13.6. The predicted molar refractivity (Wildman–Crippen MR) is 145 cm³/mol. The summed E-state index contributed by atoms with van der Waals surface area (Å²) in [5, 5.41) is 0.791. The summed E-state index contributed by atoms with van der Waals surface area (Å²) < 4.78 is 23.2. The maximum absolute atomic E-state index is 13.6. The molecule has 9 heteroatoms. The number of carbonyl (C=O) groups excluding carboxylic acids is 3. The molecule has 0 spiro atoms. The smallest absolute Gasteiger partial charge is 0.337 e. The highest BCUT2D eigenvalue weighted by molar-refractivity contribution is 6.15. The zero-order valence-electron chi connectivity index (χ0n) is 21.8. The SMILES string of the molecule is COC(=O)c1ccc(/C=C2\Oc3c(ccc4c3[C@@H](c3cc5ccc(OC)cc5n(C)c3=O)CC(=O)O4)C2=O)cc1. The van der Waals surface area contributed by atoms with E-state index >= 15 is 0 Å². The second-order valence-corrected chi connectivity index (χ2v) is 9.53. The normalized spacial score (nSPS) is 16.8. The first-order valence-corrected chi connectivity index (χ1v) is 12.5. The third kappa shape index (κ3) is 4.03. The number of aryl methyl sites for hydroxylation is 1. The van der Waals surface area contributed by atoms with Gasteiger partial charge in [-0.05, 0) is 59.5 Å². The lowest BCUT2D eigenvalue weighted by Gasteiger charge is -2.26. The third-order valence-electron chi connectivity index (χ3n) is 7.25. The zero-order chi connectivity index (χ0) is 28.1. The molecule has 0 aliphatic carbocycles. The minimum Gasteiger partial charge on any atom is -0.497 e. The molecule has 2 aliphatic rings. The summed E-state index contributed by atoms with van der Waals surface area (Å²) in [6.45, 7) is 0. The van der Waals surface area contributed by atoms with Gasteiger partial charge < -0.3 is 23.5 Å². The number of fused-ring (bicyclic) bond motifs is 4. The molecule has 0 fully saturated rings. The number of esters is 2. The van der Waals surface area contributed by atoms with Gasteiger partial charge in [0.2, 0.25) is 5.78 Å². The van der Waals surface area contributed by atoms with Crippen LogP contribution in [0.3, 0.4) is 0 Å². The Kier molecular flexibility index (Phi) is 5.99. The molecule has 0 bridgehead atoms. The Labute approximate surface area is 228 Å². The number of nitrogens with zero attached hydrogens (tertiary/aromatic N) is 1. The lowest BCUT2D eigenvalue weighted by Crippen LogP contribution is -2.29. The van der Waals surface area contributed by atoms with Gasteiger partial charge in [0.25, 0.3) is 5.56 Å². The molecular weight excluding hydrogens is 514 g/mol. The van der Waals surface area contributed by atoms with Crippen LogP contribution in [-0.4, -0.2) is 36.5 Å². The van der Waals surface area contributed by atoms with Crippen molar-refractivity contribution in [3.8, 4) is 17.2 Å². The van der Waals surface area contributed by atoms with Crippen LogP contribution in [0.25, 0.3) is 17.0 Å². The van der Waals surface area contributed by atoms with Crippen LogP contribution in [0.2, 0.25) is 0 Å². The molecule has 6 rings (SSSR count). The van der Waals surface area contributed by atoms with E-state index in [1.165, 1.54) is 11.7 Å². The van der Waals surface area contributed by atoms with E-state index in [1.807, 2.05) is 6.07 Å². The second-order valence-electron chi connectivity index (χ2n) is 9.53. The molecule has 2 aliphatic heterocycles. The van der Waals surface area contributed by atoms with Crippen molar-refractivity contribution in [1.82, 2.24) is 4.57 Å². The minimum absolute atomic E-state index is 0.0726. The standard InChI is InChI=1S/C31H23NO8/c1-32-23-14-19(37-2)9-8-18(23)13-22(30(32)35)21-15-26(33)39-24-11-10-20-28(34)25(40-29(20)27(21)24)12-16-4-6-17(7-5-16)31(36)38-3/h4-14,21H,15H2,1-3H3/b25-12-/t21-/m1/s1. The fraction of sp³-hybridized carbons (Fsp3) is 0.161. The van der Waals surface area contributed by atoms with E-state index < -0.39 is 17.9 Å². The molecule has 0 unspecified atom stereocenters. The van der Waals surface area contributed by atoms with E-state index in [0.717, 1.165) is 5.39 Å². The van der Waals surface area contributed by atoms with E-state index in [0.29, 0.717) is 39.1 Å². The van der Waals surface area contributed by atoms with Crippen molar-refractivity contribution in [1.29, 1.82) is 0 Å². The second kappa shape index (κ2) is 9.53. The Hall–Kier alpha value is -5.18. The first-order valence-electron chi connectivity index (χ1n) is 12.5. The molecule has 200 valence electrons. The van der Waals surface area contributed by atoms with E-state index in [4.69, 9.17) is 18.9 Å². The summed E-state index contributed by atoms with van der Waals surface area (Å²) in [4.78, 5) is 51.3.